The smallest absolute Gasteiger partial charge is 0.280 e. The highest BCUT2D eigenvalue weighted by Gasteiger charge is 2.34. The maximum Gasteiger partial charge on any atom is 0.280 e. The highest BCUT2D eigenvalue weighted by Crippen LogP contribution is 2.19. The monoisotopic (exact) mass is 646 g/mol. The van der Waals surface area contributed by atoms with Crippen LogP contribution in [0.5, 0.6) is 0 Å². The molecule has 16 nitrogen and oxygen atoms in total. The Labute approximate surface area is 262 Å². The molecule has 44 heavy (non-hydrogen) atoms. The summed E-state index contributed by atoms with van der Waals surface area (Å²) < 4.78 is 28.2. The van der Waals surface area contributed by atoms with Gasteiger partial charge < -0.3 is 50.7 Å². The standard InChI is InChI=1S/C27H47ClN8O8/c1-16-41-14-18(37)20(43-16)12-36(13-21-19(38)15-42-17(2)44-21)9-11-40-10-7-5-3-4-6-8-32-27(31)35-26(39)22-24(29)34-25(30)23(28)33-22/h16-21,37-38H,3-15H2,1-2H3,(H4,29,30,34)(H3,31,32,35,39)/t16-,17-,18-,19-,20+,21+/m1/s1. The van der Waals surface area contributed by atoms with E-state index in [1.807, 2.05) is 0 Å². The minimum Gasteiger partial charge on any atom is -0.388 e. The van der Waals surface area contributed by atoms with E-state index in [-0.39, 0.29) is 41.7 Å². The van der Waals surface area contributed by atoms with Gasteiger partial charge in [0.2, 0.25) is 0 Å². The van der Waals surface area contributed by atoms with Crippen molar-refractivity contribution in [3.63, 3.8) is 0 Å². The van der Waals surface area contributed by atoms with Crippen molar-refractivity contribution in [1.82, 2.24) is 25.5 Å². The van der Waals surface area contributed by atoms with Crippen molar-refractivity contribution in [2.24, 2.45) is 0 Å². The molecule has 2 fully saturated rings. The molecule has 2 saturated heterocycles. The van der Waals surface area contributed by atoms with Gasteiger partial charge in [-0.3, -0.25) is 20.4 Å². The zero-order chi connectivity index (χ0) is 32.1. The number of aromatic nitrogens is 2. The third-order valence-electron chi connectivity index (χ3n) is 7.15. The number of halogens is 1. The number of hydrogen-bond donors (Lipinski definition) is 7. The van der Waals surface area contributed by atoms with Gasteiger partial charge >= 0.3 is 0 Å². The van der Waals surface area contributed by atoms with E-state index in [1.165, 1.54) is 0 Å². The van der Waals surface area contributed by atoms with E-state index in [1.54, 1.807) is 13.8 Å². The molecule has 0 radical (unpaired) electrons. The van der Waals surface area contributed by atoms with Crippen molar-refractivity contribution in [1.29, 1.82) is 5.41 Å². The van der Waals surface area contributed by atoms with Gasteiger partial charge in [0, 0.05) is 32.8 Å². The van der Waals surface area contributed by atoms with E-state index in [0.717, 1.165) is 32.1 Å². The van der Waals surface area contributed by atoms with Gasteiger partial charge in [0.15, 0.2) is 41.0 Å². The summed E-state index contributed by atoms with van der Waals surface area (Å²) in [6.07, 6.45) is 1.56. The van der Waals surface area contributed by atoms with Gasteiger partial charge in [0.05, 0.1) is 19.8 Å². The highest BCUT2D eigenvalue weighted by atomic mass is 35.5. The predicted molar refractivity (Wildman–Crippen MR) is 162 cm³/mol. The number of nitrogen functional groups attached to an aromatic ring is 2. The molecular weight excluding hydrogens is 600 g/mol. The molecule has 250 valence electrons. The second kappa shape index (κ2) is 18.5. The molecule has 0 spiro atoms. The molecule has 1 amide bonds. The SMILES string of the molecule is C[C@@H]1OC[C@@H](O)[C@H](CN(CCOCCCCCCCNC(=N)NC(=O)c2nc(Cl)c(N)nc2N)C[C@@H]2O[C@H](C)OC[C@H]2O)O1. The first-order valence-corrected chi connectivity index (χ1v) is 15.3. The van der Waals surface area contributed by atoms with Crippen molar-refractivity contribution in [2.75, 3.05) is 64.1 Å². The minimum absolute atomic E-state index is 0.0760. The average molecular weight is 647 g/mol. The molecule has 0 bridgehead atoms. The zero-order valence-electron chi connectivity index (χ0n) is 25.4. The van der Waals surface area contributed by atoms with Gasteiger partial charge in [-0.2, -0.15) is 0 Å². The topological polar surface area (TPSA) is 233 Å². The van der Waals surface area contributed by atoms with Gasteiger partial charge in [0.25, 0.3) is 5.91 Å². The Balaban J connectivity index is 1.26. The van der Waals surface area contributed by atoms with Crippen molar-refractivity contribution in [3.8, 4) is 0 Å². The summed E-state index contributed by atoms with van der Waals surface area (Å²) >= 11 is 5.80. The fourth-order valence-corrected chi connectivity index (χ4v) is 4.85. The molecule has 0 saturated carbocycles. The number of nitrogens with zero attached hydrogens (tertiary/aromatic N) is 3. The van der Waals surface area contributed by atoms with Crippen molar-refractivity contribution >= 4 is 35.1 Å². The van der Waals surface area contributed by atoms with Gasteiger partial charge in [0.1, 0.15) is 24.4 Å². The number of ether oxygens (including phenoxy) is 5. The number of aliphatic hydroxyl groups excluding tert-OH is 2. The number of carbonyl (C=O) groups is 1. The number of rotatable bonds is 16. The number of hydrogen-bond acceptors (Lipinski definition) is 14. The van der Waals surface area contributed by atoms with E-state index in [2.05, 4.69) is 25.5 Å². The third kappa shape index (κ3) is 12.2. The first-order valence-electron chi connectivity index (χ1n) is 15.0. The van der Waals surface area contributed by atoms with E-state index in [0.29, 0.717) is 39.4 Å². The summed E-state index contributed by atoms with van der Waals surface area (Å²) in [7, 11) is 0. The maximum absolute atomic E-state index is 12.3. The molecule has 3 rings (SSSR count). The summed E-state index contributed by atoms with van der Waals surface area (Å²) in [5.41, 5.74) is 11.0. The summed E-state index contributed by atoms with van der Waals surface area (Å²) in [5, 5.41) is 33.7. The summed E-state index contributed by atoms with van der Waals surface area (Å²) in [6, 6.07) is 0. The maximum atomic E-state index is 12.3. The van der Waals surface area contributed by atoms with Crippen molar-refractivity contribution in [3.05, 3.63) is 10.8 Å². The van der Waals surface area contributed by atoms with Crippen LogP contribution in [-0.2, 0) is 23.7 Å². The number of guanidine groups is 1. The summed E-state index contributed by atoms with van der Waals surface area (Å²) in [6.45, 7) is 7.14. The second-order valence-corrected chi connectivity index (χ2v) is 11.2. The van der Waals surface area contributed by atoms with Crippen LogP contribution in [0.3, 0.4) is 0 Å². The van der Waals surface area contributed by atoms with Crippen LogP contribution in [0.25, 0.3) is 0 Å². The zero-order valence-corrected chi connectivity index (χ0v) is 26.1. The van der Waals surface area contributed by atoms with Crippen LogP contribution >= 0.6 is 11.6 Å². The van der Waals surface area contributed by atoms with Crippen LogP contribution in [-0.4, -0.2) is 127 Å². The van der Waals surface area contributed by atoms with E-state index in [9.17, 15) is 15.0 Å². The summed E-state index contributed by atoms with van der Waals surface area (Å²) in [4.78, 5) is 21.9. The number of unbranched alkanes of at least 4 members (excludes halogenated alkanes) is 4. The molecule has 2 aliphatic heterocycles. The fraction of sp³-hybridized carbons (Fsp3) is 0.778. The Hall–Kier alpha value is -2.41. The molecule has 3 heterocycles. The number of nitrogens with one attached hydrogen (secondary N) is 3. The first kappa shape index (κ1) is 36.1. The van der Waals surface area contributed by atoms with E-state index in [4.69, 9.17) is 52.2 Å². The predicted octanol–water partition coefficient (Wildman–Crippen LogP) is 0.0623. The van der Waals surface area contributed by atoms with Gasteiger partial charge in [-0.1, -0.05) is 30.9 Å². The molecule has 0 aromatic carbocycles. The molecule has 2 aliphatic rings. The van der Waals surface area contributed by atoms with Crippen LogP contribution in [0.15, 0.2) is 0 Å². The van der Waals surface area contributed by atoms with Crippen molar-refractivity contribution in [2.45, 2.75) is 82.9 Å². The van der Waals surface area contributed by atoms with E-state index >= 15 is 0 Å². The Morgan fingerprint density at radius 2 is 1.57 bits per heavy atom. The largest absolute Gasteiger partial charge is 0.388 e. The second-order valence-electron chi connectivity index (χ2n) is 10.8. The van der Waals surface area contributed by atoms with Crippen LogP contribution in [0.2, 0.25) is 5.15 Å². The molecule has 0 unspecified atom stereocenters. The lowest BCUT2D eigenvalue weighted by Crippen LogP contribution is -2.53. The number of nitrogens with two attached hydrogens (primary N) is 2. The Morgan fingerprint density at radius 1 is 0.977 bits per heavy atom. The van der Waals surface area contributed by atoms with Gasteiger partial charge in [-0.15, -0.1) is 0 Å². The molecule has 1 aromatic rings. The Kier molecular flexibility index (Phi) is 15.2. The third-order valence-corrected chi connectivity index (χ3v) is 7.43. The fourth-order valence-electron chi connectivity index (χ4n) is 4.72. The van der Waals surface area contributed by atoms with Gasteiger partial charge in [-0.05, 0) is 26.7 Å². The Morgan fingerprint density at radius 3 is 2.20 bits per heavy atom. The quantitative estimate of drug-likeness (QED) is 0.0715. The van der Waals surface area contributed by atoms with Gasteiger partial charge in [-0.25, -0.2) is 9.97 Å². The first-order chi connectivity index (χ1) is 21.0. The van der Waals surface area contributed by atoms with Crippen LogP contribution in [0.1, 0.15) is 56.4 Å². The molecule has 0 aliphatic carbocycles. The molecule has 6 atom stereocenters. The molecule has 17 heteroatoms. The van der Waals surface area contributed by atoms with E-state index < -0.39 is 42.9 Å². The number of amides is 1. The highest BCUT2D eigenvalue weighted by molar-refractivity contribution is 6.31. The lowest BCUT2D eigenvalue weighted by molar-refractivity contribution is -0.257. The van der Waals surface area contributed by atoms with Crippen molar-refractivity contribution < 1.29 is 38.7 Å². The van der Waals surface area contributed by atoms with Crippen LogP contribution in [0.4, 0.5) is 11.6 Å². The molecule has 9 N–H and O–H groups in total. The number of anilines is 2. The normalized spacial score (nSPS) is 25.6. The van der Waals surface area contributed by atoms with Crippen LogP contribution < -0.4 is 22.1 Å². The number of aliphatic hydroxyl groups is 2. The molecule has 1 aromatic heterocycles. The summed E-state index contributed by atoms with van der Waals surface area (Å²) in [5.74, 6) is -1.12. The molecular formula is C27H47ClN8O8. The van der Waals surface area contributed by atoms with Crippen LogP contribution in [0, 0.1) is 5.41 Å². The lowest BCUT2D eigenvalue weighted by Gasteiger charge is -2.39. The lowest BCUT2D eigenvalue weighted by atomic mass is 10.1. The Bertz CT molecular complexity index is 1030. The number of carbonyl (C=O) groups excluding carboxylic acids is 1. The average Bonchev–Trinajstić information content (AvgIpc) is 2.97. The minimum atomic E-state index is -0.739.